The number of rotatable bonds is 2. The second kappa shape index (κ2) is 3.82. The first-order valence-corrected chi connectivity index (χ1v) is 3.71. The lowest BCUT2D eigenvalue weighted by atomic mass is 10.4. The minimum atomic E-state index is -4.60. The molecule has 0 N–H and O–H groups in total. The Balaban J connectivity index is 2.44. The zero-order valence-corrected chi connectivity index (χ0v) is 6.58. The Morgan fingerprint density at radius 3 is 2.58 bits per heavy atom. The molecule has 0 bridgehead atoms. The summed E-state index contributed by atoms with van der Waals surface area (Å²) in [5.74, 6) is 0. The second-order valence-electron chi connectivity index (χ2n) is 1.84. The number of hydrogen-bond acceptors (Lipinski definition) is 2. The van der Waals surface area contributed by atoms with Crippen LogP contribution in [0.3, 0.4) is 0 Å². The van der Waals surface area contributed by atoms with Crippen LogP contribution < -0.4 is 0 Å². The van der Waals surface area contributed by atoms with Gasteiger partial charge in [-0.2, -0.15) is 0 Å². The van der Waals surface area contributed by atoms with Crippen LogP contribution >= 0.6 is 12.0 Å². The van der Waals surface area contributed by atoms with Crippen LogP contribution in [0.15, 0.2) is 29.2 Å². The molecule has 1 rings (SSSR count). The molecule has 0 amide bonds. The Morgan fingerprint density at radius 2 is 2.08 bits per heavy atom. The molecule has 0 aliphatic carbocycles. The van der Waals surface area contributed by atoms with Gasteiger partial charge in [-0.1, -0.05) is 18.2 Å². The normalized spacial score (nSPS) is 11.6. The van der Waals surface area contributed by atoms with Crippen LogP contribution in [0.5, 0.6) is 0 Å². The largest absolute Gasteiger partial charge is 0.533 e. The molecule has 0 spiro atoms. The van der Waals surface area contributed by atoms with Crippen LogP contribution in [0.25, 0.3) is 0 Å². The predicted molar refractivity (Wildman–Crippen MR) is 38.3 cm³/mol. The fourth-order valence-corrected chi connectivity index (χ4v) is 0.955. The minimum Gasteiger partial charge on any atom is -0.215 e. The van der Waals surface area contributed by atoms with Crippen molar-refractivity contribution in [2.45, 2.75) is 11.3 Å². The van der Waals surface area contributed by atoms with Crippen molar-refractivity contribution in [1.29, 1.82) is 0 Å². The molecule has 0 fully saturated rings. The van der Waals surface area contributed by atoms with E-state index in [2.05, 4.69) is 10.2 Å². The standard InChI is InChI=1S/C7H4F3OS/c8-7(9,10)11-12-6-4-2-1-3-5-6/h1-4H. The SMILES string of the molecule is FC(F)(F)OSc1[c]cccc1. The van der Waals surface area contributed by atoms with Gasteiger partial charge in [0.1, 0.15) is 0 Å². The molecule has 0 saturated heterocycles. The Bertz CT molecular complexity index is 234. The first-order chi connectivity index (χ1) is 5.58. The summed E-state index contributed by atoms with van der Waals surface area (Å²) in [4.78, 5) is 0.301. The maximum absolute atomic E-state index is 11.5. The van der Waals surface area contributed by atoms with Gasteiger partial charge >= 0.3 is 6.36 Å². The Labute approximate surface area is 71.7 Å². The smallest absolute Gasteiger partial charge is 0.215 e. The fourth-order valence-electron chi connectivity index (χ4n) is 0.521. The molecule has 12 heavy (non-hydrogen) atoms. The molecule has 1 radical (unpaired) electrons. The van der Waals surface area contributed by atoms with Crippen molar-refractivity contribution in [2.24, 2.45) is 0 Å². The van der Waals surface area contributed by atoms with Crippen molar-refractivity contribution in [3.63, 3.8) is 0 Å². The van der Waals surface area contributed by atoms with Crippen molar-refractivity contribution < 1.29 is 17.4 Å². The molecule has 0 saturated carbocycles. The van der Waals surface area contributed by atoms with Gasteiger partial charge in [0.05, 0.1) is 0 Å². The van der Waals surface area contributed by atoms with Gasteiger partial charge in [-0.05, 0) is 12.1 Å². The molecule has 65 valence electrons. The fraction of sp³-hybridized carbons (Fsp3) is 0.143. The van der Waals surface area contributed by atoms with E-state index in [-0.39, 0.29) is 12.0 Å². The van der Waals surface area contributed by atoms with Crippen molar-refractivity contribution in [3.8, 4) is 0 Å². The Kier molecular flexibility index (Phi) is 2.99. The topological polar surface area (TPSA) is 9.23 Å². The van der Waals surface area contributed by atoms with Gasteiger partial charge in [0.25, 0.3) is 0 Å². The van der Waals surface area contributed by atoms with E-state index in [1.807, 2.05) is 0 Å². The van der Waals surface area contributed by atoms with Crippen LogP contribution in [0, 0.1) is 6.07 Å². The molecule has 0 aliphatic heterocycles. The molecule has 0 aliphatic rings. The predicted octanol–water partition coefficient (Wildman–Crippen LogP) is 3.03. The maximum Gasteiger partial charge on any atom is 0.533 e. The van der Waals surface area contributed by atoms with E-state index in [9.17, 15) is 13.2 Å². The van der Waals surface area contributed by atoms with Crippen molar-refractivity contribution in [1.82, 2.24) is 0 Å². The molecule has 0 unspecified atom stereocenters. The first-order valence-electron chi connectivity index (χ1n) is 2.97. The summed E-state index contributed by atoms with van der Waals surface area (Å²) in [6, 6.07) is 8.85. The van der Waals surface area contributed by atoms with Gasteiger partial charge in [0, 0.05) is 16.9 Å². The average Bonchev–Trinajstić information content (AvgIpc) is 2.02. The van der Waals surface area contributed by atoms with E-state index in [0.29, 0.717) is 4.90 Å². The third-order valence-electron chi connectivity index (χ3n) is 0.906. The molecule has 0 atom stereocenters. The summed E-state index contributed by atoms with van der Waals surface area (Å²) in [5.41, 5.74) is 0. The highest BCUT2D eigenvalue weighted by atomic mass is 32.2. The van der Waals surface area contributed by atoms with Gasteiger partial charge < -0.3 is 0 Å². The van der Waals surface area contributed by atoms with Gasteiger partial charge in [0.2, 0.25) is 0 Å². The average molecular weight is 193 g/mol. The number of alkyl halides is 3. The van der Waals surface area contributed by atoms with E-state index in [0.717, 1.165) is 0 Å². The highest BCUT2D eigenvalue weighted by molar-refractivity contribution is 7.94. The highest BCUT2D eigenvalue weighted by Gasteiger charge is 2.30. The van der Waals surface area contributed by atoms with Crippen molar-refractivity contribution in [2.75, 3.05) is 0 Å². The minimum absolute atomic E-state index is 0.247. The summed E-state index contributed by atoms with van der Waals surface area (Å²) in [6.45, 7) is 0. The third-order valence-corrected chi connectivity index (χ3v) is 1.61. The molecule has 1 nitrogen and oxygen atoms in total. The number of halogens is 3. The molecule has 1 aromatic carbocycles. The van der Waals surface area contributed by atoms with E-state index in [1.165, 1.54) is 12.1 Å². The number of hydrogen-bond donors (Lipinski definition) is 0. The summed E-state index contributed by atoms with van der Waals surface area (Å²) in [6.07, 6.45) is -4.60. The number of benzene rings is 1. The Morgan fingerprint density at radius 1 is 1.33 bits per heavy atom. The summed E-state index contributed by atoms with van der Waals surface area (Å²) < 4.78 is 38.0. The van der Waals surface area contributed by atoms with Crippen LogP contribution in [0.1, 0.15) is 0 Å². The van der Waals surface area contributed by atoms with Crippen LogP contribution in [-0.4, -0.2) is 6.36 Å². The molecular formula is C7H4F3OS. The van der Waals surface area contributed by atoms with Gasteiger partial charge in [-0.3, -0.25) is 0 Å². The summed E-state index contributed by atoms with van der Waals surface area (Å²) in [7, 11) is 0. The maximum atomic E-state index is 11.5. The quantitative estimate of drug-likeness (QED) is 0.667. The van der Waals surface area contributed by atoms with E-state index >= 15 is 0 Å². The monoisotopic (exact) mass is 193 g/mol. The van der Waals surface area contributed by atoms with Crippen LogP contribution in [0.2, 0.25) is 0 Å². The van der Waals surface area contributed by atoms with Gasteiger partial charge in [-0.25, -0.2) is 4.18 Å². The molecule has 0 aromatic heterocycles. The lowest BCUT2D eigenvalue weighted by molar-refractivity contribution is -0.266. The molecule has 1 aromatic rings. The summed E-state index contributed by atoms with van der Waals surface area (Å²) >= 11 is 0.247. The summed E-state index contributed by atoms with van der Waals surface area (Å²) in [5, 5.41) is 0. The van der Waals surface area contributed by atoms with E-state index < -0.39 is 6.36 Å². The first kappa shape index (κ1) is 9.41. The lowest BCUT2D eigenvalue weighted by Gasteiger charge is -2.04. The molecular weight excluding hydrogens is 189 g/mol. The van der Waals surface area contributed by atoms with E-state index in [1.54, 1.807) is 12.1 Å². The third kappa shape index (κ3) is 3.64. The van der Waals surface area contributed by atoms with Crippen LogP contribution in [-0.2, 0) is 4.18 Å². The second-order valence-corrected chi connectivity index (χ2v) is 2.61. The van der Waals surface area contributed by atoms with Gasteiger partial charge in [0.15, 0.2) is 0 Å². The van der Waals surface area contributed by atoms with E-state index in [4.69, 9.17) is 0 Å². The highest BCUT2D eigenvalue weighted by Crippen LogP contribution is 2.28. The lowest BCUT2D eigenvalue weighted by Crippen LogP contribution is -2.07. The van der Waals surface area contributed by atoms with Gasteiger partial charge in [-0.15, -0.1) is 13.2 Å². The van der Waals surface area contributed by atoms with Crippen molar-refractivity contribution in [3.05, 3.63) is 30.3 Å². The molecule has 5 heteroatoms. The molecule has 0 heterocycles. The zero-order valence-electron chi connectivity index (χ0n) is 5.76. The van der Waals surface area contributed by atoms with Crippen LogP contribution in [0.4, 0.5) is 13.2 Å². The van der Waals surface area contributed by atoms with Crippen molar-refractivity contribution >= 4 is 12.0 Å². The zero-order chi connectivity index (χ0) is 9.03. The Hall–Kier alpha value is -0.680.